The Morgan fingerprint density at radius 3 is 2.94 bits per heavy atom. The van der Waals surface area contributed by atoms with Crippen LogP contribution < -0.4 is 0 Å². The molecule has 4 nitrogen and oxygen atoms in total. The van der Waals surface area contributed by atoms with E-state index in [4.69, 9.17) is 5.11 Å². The van der Waals surface area contributed by atoms with Crippen LogP contribution in [0.4, 0.5) is 0 Å². The van der Waals surface area contributed by atoms with Gasteiger partial charge in [-0.1, -0.05) is 6.07 Å². The summed E-state index contributed by atoms with van der Waals surface area (Å²) >= 11 is 1.59. The largest absolute Gasteiger partial charge is 0.478 e. The number of benzene rings is 1. The SMILES string of the molecule is O=C(O)c1cccc2c1ncn2-c1ccsc1. The molecular formula is C12H8N2O2S. The zero-order valence-corrected chi connectivity index (χ0v) is 9.52. The van der Waals surface area contributed by atoms with Crippen molar-refractivity contribution in [2.45, 2.75) is 0 Å². The van der Waals surface area contributed by atoms with Gasteiger partial charge in [0.25, 0.3) is 0 Å². The van der Waals surface area contributed by atoms with Gasteiger partial charge in [0.05, 0.1) is 16.8 Å². The Balaban J connectivity index is 2.31. The highest BCUT2D eigenvalue weighted by molar-refractivity contribution is 7.08. The van der Waals surface area contributed by atoms with Crippen LogP contribution in [-0.2, 0) is 0 Å². The number of rotatable bonds is 2. The molecule has 0 unspecified atom stereocenters. The Bertz CT molecular complexity index is 686. The Morgan fingerprint density at radius 1 is 1.35 bits per heavy atom. The van der Waals surface area contributed by atoms with Crippen molar-refractivity contribution in [3.05, 3.63) is 46.9 Å². The van der Waals surface area contributed by atoms with Gasteiger partial charge >= 0.3 is 5.97 Å². The van der Waals surface area contributed by atoms with Crippen LogP contribution >= 0.6 is 11.3 Å². The molecule has 5 heteroatoms. The van der Waals surface area contributed by atoms with Crippen LogP contribution in [0.3, 0.4) is 0 Å². The van der Waals surface area contributed by atoms with E-state index < -0.39 is 5.97 Å². The van der Waals surface area contributed by atoms with Gasteiger partial charge in [-0.15, -0.1) is 0 Å². The van der Waals surface area contributed by atoms with E-state index >= 15 is 0 Å². The lowest BCUT2D eigenvalue weighted by atomic mass is 10.2. The number of aromatic nitrogens is 2. The van der Waals surface area contributed by atoms with E-state index in [0.717, 1.165) is 11.2 Å². The second kappa shape index (κ2) is 3.71. The third-order valence-electron chi connectivity index (χ3n) is 2.59. The first-order chi connectivity index (χ1) is 8.27. The van der Waals surface area contributed by atoms with Gasteiger partial charge in [-0.2, -0.15) is 11.3 Å². The van der Waals surface area contributed by atoms with Crippen LogP contribution in [0.25, 0.3) is 16.7 Å². The predicted molar refractivity (Wildman–Crippen MR) is 65.9 cm³/mol. The summed E-state index contributed by atoms with van der Waals surface area (Å²) in [5.74, 6) is -0.953. The number of para-hydroxylation sites is 1. The fraction of sp³-hybridized carbons (Fsp3) is 0. The minimum atomic E-state index is -0.953. The lowest BCUT2D eigenvalue weighted by molar-refractivity contribution is 0.0699. The molecule has 3 aromatic rings. The average Bonchev–Trinajstić information content (AvgIpc) is 2.96. The Labute approximate surface area is 101 Å². The van der Waals surface area contributed by atoms with E-state index in [2.05, 4.69) is 4.98 Å². The predicted octanol–water partition coefficient (Wildman–Crippen LogP) is 2.79. The number of thiophene rings is 1. The molecule has 0 aliphatic heterocycles. The van der Waals surface area contributed by atoms with Gasteiger partial charge in [-0.25, -0.2) is 9.78 Å². The maximum atomic E-state index is 11.1. The van der Waals surface area contributed by atoms with Crippen LogP contribution in [0.1, 0.15) is 10.4 Å². The number of hydrogen-bond donors (Lipinski definition) is 1. The quantitative estimate of drug-likeness (QED) is 0.754. The van der Waals surface area contributed by atoms with E-state index in [1.807, 2.05) is 27.5 Å². The van der Waals surface area contributed by atoms with Gasteiger partial charge in [0.15, 0.2) is 0 Å². The number of nitrogens with zero attached hydrogens (tertiary/aromatic N) is 2. The van der Waals surface area contributed by atoms with Crippen molar-refractivity contribution in [2.24, 2.45) is 0 Å². The molecule has 0 saturated carbocycles. The van der Waals surface area contributed by atoms with E-state index in [9.17, 15) is 4.79 Å². The second-order valence-electron chi connectivity index (χ2n) is 3.57. The molecule has 84 valence electrons. The van der Waals surface area contributed by atoms with Crippen molar-refractivity contribution in [3.63, 3.8) is 0 Å². The number of hydrogen-bond acceptors (Lipinski definition) is 3. The van der Waals surface area contributed by atoms with Gasteiger partial charge in [0.2, 0.25) is 0 Å². The third-order valence-corrected chi connectivity index (χ3v) is 3.26. The van der Waals surface area contributed by atoms with Crippen molar-refractivity contribution in [1.82, 2.24) is 9.55 Å². The van der Waals surface area contributed by atoms with Crippen LogP contribution in [-0.4, -0.2) is 20.6 Å². The highest BCUT2D eigenvalue weighted by Crippen LogP contribution is 2.22. The fourth-order valence-corrected chi connectivity index (χ4v) is 2.44. The van der Waals surface area contributed by atoms with Gasteiger partial charge < -0.3 is 5.11 Å². The smallest absolute Gasteiger partial charge is 0.337 e. The van der Waals surface area contributed by atoms with E-state index in [-0.39, 0.29) is 5.56 Å². The maximum Gasteiger partial charge on any atom is 0.337 e. The van der Waals surface area contributed by atoms with Crippen LogP contribution in [0.5, 0.6) is 0 Å². The van der Waals surface area contributed by atoms with Gasteiger partial charge in [-0.05, 0) is 23.6 Å². The number of carbonyl (C=O) groups is 1. The number of carboxylic acids is 1. The molecule has 0 aliphatic rings. The van der Waals surface area contributed by atoms with Gasteiger partial charge in [0.1, 0.15) is 11.8 Å². The Hall–Kier alpha value is -2.14. The normalized spacial score (nSPS) is 10.8. The molecule has 0 amide bonds. The summed E-state index contributed by atoms with van der Waals surface area (Å²) in [6.45, 7) is 0. The van der Waals surface area contributed by atoms with Crippen LogP contribution in [0.15, 0.2) is 41.4 Å². The molecule has 2 aromatic heterocycles. The minimum Gasteiger partial charge on any atom is -0.478 e. The molecule has 0 aliphatic carbocycles. The van der Waals surface area contributed by atoms with Gasteiger partial charge in [-0.3, -0.25) is 4.57 Å². The monoisotopic (exact) mass is 244 g/mol. The summed E-state index contributed by atoms with van der Waals surface area (Å²) < 4.78 is 1.89. The molecular weight excluding hydrogens is 236 g/mol. The van der Waals surface area contributed by atoms with E-state index in [1.165, 1.54) is 0 Å². The standard InChI is InChI=1S/C12H8N2O2S/c15-12(16)9-2-1-3-10-11(9)13-7-14(10)8-4-5-17-6-8/h1-7H,(H,15,16). The molecule has 1 N–H and O–H groups in total. The highest BCUT2D eigenvalue weighted by atomic mass is 32.1. The van der Waals surface area contributed by atoms with Crippen molar-refractivity contribution in [1.29, 1.82) is 0 Å². The molecule has 0 fully saturated rings. The zero-order valence-electron chi connectivity index (χ0n) is 8.70. The maximum absolute atomic E-state index is 11.1. The fourth-order valence-electron chi connectivity index (χ4n) is 1.81. The van der Waals surface area contributed by atoms with Crippen molar-refractivity contribution in [2.75, 3.05) is 0 Å². The van der Waals surface area contributed by atoms with Crippen molar-refractivity contribution < 1.29 is 9.90 Å². The molecule has 3 rings (SSSR count). The van der Waals surface area contributed by atoms with Crippen molar-refractivity contribution in [3.8, 4) is 5.69 Å². The molecule has 2 heterocycles. The summed E-state index contributed by atoms with van der Waals surface area (Å²) in [5, 5.41) is 13.0. The summed E-state index contributed by atoms with van der Waals surface area (Å²) in [4.78, 5) is 15.2. The van der Waals surface area contributed by atoms with Crippen LogP contribution in [0, 0.1) is 0 Å². The molecule has 1 aromatic carbocycles. The molecule has 17 heavy (non-hydrogen) atoms. The first-order valence-electron chi connectivity index (χ1n) is 4.99. The van der Waals surface area contributed by atoms with E-state index in [1.54, 1.807) is 29.8 Å². The molecule has 0 atom stereocenters. The molecule has 0 radical (unpaired) electrons. The first kappa shape index (κ1) is 10.0. The molecule has 0 bridgehead atoms. The Morgan fingerprint density at radius 2 is 2.24 bits per heavy atom. The summed E-state index contributed by atoms with van der Waals surface area (Å²) in [7, 11) is 0. The summed E-state index contributed by atoms with van der Waals surface area (Å²) in [6.07, 6.45) is 1.65. The second-order valence-corrected chi connectivity index (χ2v) is 4.35. The summed E-state index contributed by atoms with van der Waals surface area (Å²) in [5.41, 5.74) is 2.56. The minimum absolute atomic E-state index is 0.233. The summed E-state index contributed by atoms with van der Waals surface area (Å²) in [6, 6.07) is 7.14. The third kappa shape index (κ3) is 1.52. The van der Waals surface area contributed by atoms with Crippen LogP contribution in [0.2, 0.25) is 0 Å². The number of carboxylic acid groups (broad SMARTS) is 1. The zero-order chi connectivity index (χ0) is 11.8. The van der Waals surface area contributed by atoms with E-state index in [0.29, 0.717) is 5.52 Å². The topological polar surface area (TPSA) is 55.1 Å². The molecule has 0 spiro atoms. The Kier molecular flexibility index (Phi) is 2.19. The lowest BCUT2D eigenvalue weighted by Crippen LogP contribution is -1.97. The average molecular weight is 244 g/mol. The number of aromatic carboxylic acids is 1. The highest BCUT2D eigenvalue weighted by Gasteiger charge is 2.12. The number of imidazole rings is 1. The lowest BCUT2D eigenvalue weighted by Gasteiger charge is -2.01. The van der Waals surface area contributed by atoms with Gasteiger partial charge in [0, 0.05) is 5.38 Å². The first-order valence-corrected chi connectivity index (χ1v) is 5.93. The van der Waals surface area contributed by atoms with Crippen molar-refractivity contribution >= 4 is 28.3 Å². The number of fused-ring (bicyclic) bond motifs is 1. The molecule has 0 saturated heterocycles.